The monoisotopic (exact) mass is 252 g/mol. The molecule has 0 aromatic heterocycles. The van der Waals surface area contributed by atoms with Crippen molar-refractivity contribution in [1.29, 1.82) is 0 Å². The predicted molar refractivity (Wildman–Crippen MR) is 74.5 cm³/mol. The Morgan fingerprint density at radius 2 is 1.94 bits per heavy atom. The maximum atomic E-state index is 12.2. The van der Waals surface area contributed by atoms with Crippen molar-refractivity contribution >= 4 is 5.91 Å². The summed E-state index contributed by atoms with van der Waals surface area (Å²) in [5.74, 6) is 1.12. The van der Waals surface area contributed by atoms with Gasteiger partial charge in [0.05, 0.1) is 6.54 Å². The zero-order valence-corrected chi connectivity index (χ0v) is 11.8. The lowest BCUT2D eigenvalue weighted by atomic mass is 9.83. The first-order chi connectivity index (χ1) is 8.83. The smallest absolute Gasteiger partial charge is 0.236 e. The van der Waals surface area contributed by atoms with Gasteiger partial charge in [-0.1, -0.05) is 26.2 Å². The molecule has 3 nitrogen and oxygen atoms in total. The van der Waals surface area contributed by atoms with Crippen LogP contribution < -0.4 is 5.32 Å². The molecule has 0 aromatic rings. The third kappa shape index (κ3) is 3.47. The summed E-state index contributed by atoms with van der Waals surface area (Å²) in [6.45, 7) is 4.62. The molecule has 104 valence electrons. The molecule has 1 N–H and O–H groups in total. The number of carbonyl (C=O) groups is 1. The Bertz CT molecular complexity index is 261. The largest absolute Gasteiger partial charge is 0.338 e. The summed E-state index contributed by atoms with van der Waals surface area (Å²) in [5, 5.41) is 3.24. The van der Waals surface area contributed by atoms with Gasteiger partial charge >= 0.3 is 0 Å². The number of rotatable bonds is 5. The van der Waals surface area contributed by atoms with Crippen LogP contribution in [0.4, 0.5) is 0 Å². The van der Waals surface area contributed by atoms with Crippen molar-refractivity contribution in [3.63, 3.8) is 0 Å². The highest BCUT2D eigenvalue weighted by molar-refractivity contribution is 5.78. The molecule has 1 aliphatic carbocycles. The van der Waals surface area contributed by atoms with Crippen molar-refractivity contribution in [2.24, 2.45) is 5.92 Å². The number of carbonyl (C=O) groups excluding carboxylic acids is 1. The van der Waals surface area contributed by atoms with Gasteiger partial charge in [0.1, 0.15) is 0 Å². The first kappa shape index (κ1) is 13.9. The summed E-state index contributed by atoms with van der Waals surface area (Å²) < 4.78 is 0. The molecule has 18 heavy (non-hydrogen) atoms. The molecule has 0 spiro atoms. The van der Waals surface area contributed by atoms with Crippen LogP contribution in [0.5, 0.6) is 0 Å². The van der Waals surface area contributed by atoms with Crippen LogP contribution in [0.2, 0.25) is 0 Å². The highest BCUT2D eigenvalue weighted by atomic mass is 16.2. The van der Waals surface area contributed by atoms with Crippen LogP contribution >= 0.6 is 0 Å². The minimum atomic E-state index is 0.330. The van der Waals surface area contributed by atoms with Crippen molar-refractivity contribution in [3.8, 4) is 0 Å². The first-order valence-electron chi connectivity index (χ1n) is 7.83. The van der Waals surface area contributed by atoms with Crippen LogP contribution in [0.15, 0.2) is 0 Å². The number of amides is 1. The van der Waals surface area contributed by atoms with Gasteiger partial charge in [0.2, 0.25) is 5.91 Å². The lowest BCUT2D eigenvalue weighted by Gasteiger charge is -2.34. The fraction of sp³-hybridized carbons (Fsp3) is 0.933. The lowest BCUT2D eigenvalue weighted by molar-refractivity contribution is -0.132. The average Bonchev–Trinajstić information content (AvgIpc) is 2.89. The van der Waals surface area contributed by atoms with Gasteiger partial charge < -0.3 is 10.2 Å². The van der Waals surface area contributed by atoms with Gasteiger partial charge in [0, 0.05) is 12.6 Å². The maximum Gasteiger partial charge on any atom is 0.236 e. The zero-order valence-electron chi connectivity index (χ0n) is 11.8. The Hall–Kier alpha value is -0.570. The standard InChI is InChI=1S/C15H28N2O/c1-2-10-16-12-15(18)17-11-6-9-14(17)13-7-4-3-5-8-13/h13-14,16H,2-12H2,1H3. The van der Waals surface area contributed by atoms with Gasteiger partial charge in [-0.05, 0) is 44.6 Å². The molecule has 1 unspecified atom stereocenters. The minimum absolute atomic E-state index is 0.330. The summed E-state index contributed by atoms with van der Waals surface area (Å²) in [5.41, 5.74) is 0. The van der Waals surface area contributed by atoms with Crippen molar-refractivity contribution in [2.75, 3.05) is 19.6 Å². The summed E-state index contributed by atoms with van der Waals surface area (Å²) in [4.78, 5) is 14.4. The van der Waals surface area contributed by atoms with Crippen molar-refractivity contribution < 1.29 is 4.79 Å². The highest BCUT2D eigenvalue weighted by Crippen LogP contribution is 2.34. The van der Waals surface area contributed by atoms with Gasteiger partial charge in [0.25, 0.3) is 0 Å². The fourth-order valence-corrected chi connectivity index (χ4v) is 3.58. The minimum Gasteiger partial charge on any atom is -0.338 e. The highest BCUT2D eigenvalue weighted by Gasteiger charge is 2.34. The van der Waals surface area contributed by atoms with Crippen molar-refractivity contribution in [2.45, 2.75) is 64.3 Å². The Morgan fingerprint density at radius 3 is 2.67 bits per heavy atom. The second-order valence-electron chi connectivity index (χ2n) is 5.87. The average molecular weight is 252 g/mol. The van der Waals surface area contributed by atoms with Crippen molar-refractivity contribution in [3.05, 3.63) is 0 Å². The molecule has 1 atom stereocenters. The van der Waals surface area contributed by atoms with Gasteiger partial charge in [-0.2, -0.15) is 0 Å². The van der Waals surface area contributed by atoms with Gasteiger partial charge in [-0.25, -0.2) is 0 Å². The Morgan fingerprint density at radius 1 is 1.17 bits per heavy atom. The number of nitrogens with zero attached hydrogens (tertiary/aromatic N) is 1. The molecule has 2 rings (SSSR count). The van der Waals surface area contributed by atoms with E-state index in [1.54, 1.807) is 0 Å². The van der Waals surface area contributed by atoms with Gasteiger partial charge in [-0.3, -0.25) is 4.79 Å². The van der Waals surface area contributed by atoms with Crippen LogP contribution in [0.1, 0.15) is 58.3 Å². The van der Waals surface area contributed by atoms with Crippen LogP contribution in [0, 0.1) is 5.92 Å². The van der Waals surface area contributed by atoms with E-state index in [1.165, 1.54) is 44.9 Å². The molecule has 0 radical (unpaired) electrons. The topological polar surface area (TPSA) is 32.3 Å². The normalized spacial score (nSPS) is 25.6. The molecule has 1 heterocycles. The summed E-state index contributed by atoms with van der Waals surface area (Å²) in [6, 6.07) is 0.557. The third-order valence-electron chi connectivity index (χ3n) is 4.52. The number of hydrogen-bond donors (Lipinski definition) is 1. The van der Waals surface area contributed by atoms with E-state index < -0.39 is 0 Å². The molecule has 1 aliphatic heterocycles. The van der Waals surface area contributed by atoms with E-state index in [-0.39, 0.29) is 0 Å². The molecular weight excluding hydrogens is 224 g/mol. The molecule has 0 bridgehead atoms. The number of likely N-dealkylation sites (tertiary alicyclic amines) is 1. The Kier molecular flexibility index (Phi) is 5.48. The van der Waals surface area contributed by atoms with E-state index in [9.17, 15) is 4.79 Å². The number of hydrogen-bond acceptors (Lipinski definition) is 2. The van der Waals surface area contributed by atoms with Crippen LogP contribution in [0.25, 0.3) is 0 Å². The Balaban J connectivity index is 1.84. The molecule has 1 amide bonds. The molecule has 2 fully saturated rings. The summed E-state index contributed by atoms with van der Waals surface area (Å²) in [6.07, 6.45) is 10.4. The van der Waals surface area contributed by atoms with Gasteiger partial charge in [0.15, 0.2) is 0 Å². The predicted octanol–water partition coefficient (Wildman–Crippen LogP) is 2.56. The molecular formula is C15H28N2O. The molecule has 1 saturated carbocycles. The molecule has 3 heteroatoms. The van der Waals surface area contributed by atoms with E-state index in [0.717, 1.165) is 25.4 Å². The summed E-state index contributed by atoms with van der Waals surface area (Å²) in [7, 11) is 0. The summed E-state index contributed by atoms with van der Waals surface area (Å²) >= 11 is 0. The van der Waals surface area contributed by atoms with Crippen LogP contribution in [-0.2, 0) is 4.79 Å². The Labute approximate surface area is 111 Å². The maximum absolute atomic E-state index is 12.2. The van der Waals surface area contributed by atoms with Gasteiger partial charge in [-0.15, -0.1) is 0 Å². The zero-order chi connectivity index (χ0) is 12.8. The second-order valence-corrected chi connectivity index (χ2v) is 5.87. The van der Waals surface area contributed by atoms with Crippen LogP contribution in [0.3, 0.4) is 0 Å². The van der Waals surface area contributed by atoms with Crippen LogP contribution in [-0.4, -0.2) is 36.5 Å². The van der Waals surface area contributed by atoms with Crippen molar-refractivity contribution in [1.82, 2.24) is 10.2 Å². The van der Waals surface area contributed by atoms with E-state index in [2.05, 4.69) is 17.1 Å². The van der Waals surface area contributed by atoms with E-state index >= 15 is 0 Å². The van der Waals surface area contributed by atoms with E-state index in [0.29, 0.717) is 18.5 Å². The number of nitrogens with one attached hydrogen (secondary N) is 1. The SMILES string of the molecule is CCCNCC(=O)N1CCCC1C1CCCCC1. The fourth-order valence-electron chi connectivity index (χ4n) is 3.58. The first-order valence-corrected chi connectivity index (χ1v) is 7.83. The van der Waals surface area contributed by atoms with E-state index in [4.69, 9.17) is 0 Å². The third-order valence-corrected chi connectivity index (χ3v) is 4.52. The second kappa shape index (κ2) is 7.13. The van der Waals surface area contributed by atoms with E-state index in [1.807, 2.05) is 0 Å². The lowest BCUT2D eigenvalue weighted by Crippen LogP contribution is -2.44. The molecule has 2 aliphatic rings. The quantitative estimate of drug-likeness (QED) is 0.763. The molecule has 0 aromatic carbocycles. The molecule has 1 saturated heterocycles.